The van der Waals surface area contributed by atoms with Crippen molar-refractivity contribution in [2.24, 2.45) is 5.10 Å². The third-order valence-corrected chi connectivity index (χ3v) is 3.68. The Kier molecular flexibility index (Phi) is 4.63. The smallest absolute Gasteiger partial charge is 0.265 e. The molecule has 1 amide bonds. The van der Waals surface area contributed by atoms with Crippen LogP contribution in [0.1, 0.15) is 47.7 Å². The van der Waals surface area contributed by atoms with Gasteiger partial charge in [0, 0.05) is 5.38 Å². The van der Waals surface area contributed by atoms with E-state index in [1.165, 1.54) is 11.3 Å². The molecule has 0 aliphatic heterocycles. The van der Waals surface area contributed by atoms with Crippen LogP contribution in [-0.2, 0) is 0 Å². The molecule has 5 heteroatoms. The molecule has 0 aliphatic rings. The Labute approximate surface area is 122 Å². The number of hydrazone groups is 1. The zero-order valence-electron chi connectivity index (χ0n) is 11.8. The van der Waals surface area contributed by atoms with Crippen LogP contribution in [0.15, 0.2) is 40.8 Å². The van der Waals surface area contributed by atoms with Crippen LogP contribution in [0.3, 0.4) is 0 Å². The summed E-state index contributed by atoms with van der Waals surface area (Å²) in [5.74, 6) is 0.0551. The van der Waals surface area contributed by atoms with Gasteiger partial charge in [-0.3, -0.25) is 4.79 Å². The first-order valence-electron chi connectivity index (χ1n) is 6.43. The van der Waals surface area contributed by atoms with Crippen molar-refractivity contribution in [3.63, 3.8) is 0 Å². The zero-order chi connectivity index (χ0) is 14.5. The first-order chi connectivity index (χ1) is 9.58. The maximum atomic E-state index is 11.9. The molecule has 0 atom stereocenters. The van der Waals surface area contributed by atoms with Gasteiger partial charge in [0.25, 0.3) is 5.91 Å². The van der Waals surface area contributed by atoms with E-state index >= 15 is 0 Å². The van der Waals surface area contributed by atoms with Crippen LogP contribution in [0.5, 0.6) is 0 Å². The fourth-order valence-corrected chi connectivity index (χ4v) is 2.45. The van der Waals surface area contributed by atoms with Gasteiger partial charge >= 0.3 is 0 Å². The predicted octanol–water partition coefficient (Wildman–Crippen LogP) is 3.42. The molecule has 0 aliphatic carbocycles. The van der Waals surface area contributed by atoms with E-state index in [0.29, 0.717) is 10.9 Å². The van der Waals surface area contributed by atoms with Gasteiger partial charge in [0.2, 0.25) is 0 Å². The molecule has 1 aromatic heterocycles. The van der Waals surface area contributed by atoms with Crippen molar-refractivity contribution < 1.29 is 4.79 Å². The van der Waals surface area contributed by atoms with Gasteiger partial charge in [0.1, 0.15) is 0 Å². The standard InChI is InChI=1S/C15H17N3OS/c1-10(2)13-9-20-15(16-13)14(19)18-17-11(3)12-7-5-4-6-8-12/h4-10H,1-3H3,(H,18,19)/b17-11-. The van der Waals surface area contributed by atoms with E-state index in [4.69, 9.17) is 0 Å². The fraction of sp³-hybridized carbons (Fsp3) is 0.267. The molecule has 0 radical (unpaired) electrons. The van der Waals surface area contributed by atoms with E-state index < -0.39 is 0 Å². The van der Waals surface area contributed by atoms with Gasteiger partial charge in [-0.1, -0.05) is 44.2 Å². The third kappa shape index (κ3) is 3.51. The number of benzene rings is 1. The highest BCUT2D eigenvalue weighted by Gasteiger charge is 2.12. The van der Waals surface area contributed by atoms with Crippen molar-refractivity contribution in [2.45, 2.75) is 26.7 Å². The first kappa shape index (κ1) is 14.4. The van der Waals surface area contributed by atoms with E-state index in [9.17, 15) is 4.79 Å². The Morgan fingerprint density at radius 2 is 2.00 bits per heavy atom. The fourth-order valence-electron chi connectivity index (χ4n) is 1.58. The van der Waals surface area contributed by atoms with Crippen molar-refractivity contribution in [1.82, 2.24) is 10.4 Å². The number of nitrogens with one attached hydrogen (secondary N) is 1. The number of carbonyl (C=O) groups is 1. The van der Waals surface area contributed by atoms with Crippen LogP contribution in [0.2, 0.25) is 0 Å². The largest absolute Gasteiger partial charge is 0.300 e. The molecule has 0 unspecified atom stereocenters. The van der Waals surface area contributed by atoms with E-state index in [-0.39, 0.29) is 5.91 Å². The SMILES string of the molecule is C/C(=N/NC(=O)c1nc(C(C)C)cs1)c1ccccc1. The van der Waals surface area contributed by atoms with E-state index in [0.717, 1.165) is 17.0 Å². The summed E-state index contributed by atoms with van der Waals surface area (Å²) in [4.78, 5) is 16.2. The van der Waals surface area contributed by atoms with Crippen LogP contribution >= 0.6 is 11.3 Å². The van der Waals surface area contributed by atoms with Gasteiger partial charge in [0.05, 0.1) is 11.4 Å². The number of carbonyl (C=O) groups excluding carboxylic acids is 1. The molecule has 0 saturated heterocycles. The van der Waals surface area contributed by atoms with Crippen molar-refractivity contribution in [2.75, 3.05) is 0 Å². The number of rotatable bonds is 4. The minimum atomic E-state index is -0.266. The predicted molar refractivity (Wildman–Crippen MR) is 82.3 cm³/mol. The molecule has 0 fully saturated rings. The Bertz CT molecular complexity index is 617. The first-order valence-corrected chi connectivity index (χ1v) is 7.31. The highest BCUT2D eigenvalue weighted by Crippen LogP contribution is 2.17. The Hall–Kier alpha value is -2.01. The number of hydrogen-bond acceptors (Lipinski definition) is 4. The average Bonchev–Trinajstić information content (AvgIpc) is 2.95. The molecule has 1 aromatic carbocycles. The molecular formula is C15H17N3OS. The normalized spacial score (nSPS) is 11.7. The lowest BCUT2D eigenvalue weighted by Crippen LogP contribution is -2.19. The van der Waals surface area contributed by atoms with Crippen molar-refractivity contribution >= 4 is 23.0 Å². The molecule has 1 heterocycles. The second-order valence-corrected chi connectivity index (χ2v) is 5.59. The van der Waals surface area contributed by atoms with E-state index in [2.05, 4.69) is 29.4 Å². The second kappa shape index (κ2) is 6.43. The summed E-state index contributed by atoms with van der Waals surface area (Å²) in [5, 5.41) is 6.46. The van der Waals surface area contributed by atoms with Crippen LogP contribution in [0.4, 0.5) is 0 Å². The number of aromatic nitrogens is 1. The molecular weight excluding hydrogens is 270 g/mol. The summed E-state index contributed by atoms with van der Waals surface area (Å²) in [6.45, 7) is 5.96. The van der Waals surface area contributed by atoms with Gasteiger partial charge in [-0.25, -0.2) is 10.4 Å². The molecule has 4 nitrogen and oxygen atoms in total. The van der Waals surface area contributed by atoms with E-state index in [1.807, 2.05) is 42.6 Å². The molecule has 104 valence electrons. The van der Waals surface area contributed by atoms with E-state index in [1.54, 1.807) is 0 Å². The molecule has 2 aromatic rings. The highest BCUT2D eigenvalue weighted by molar-refractivity contribution is 7.11. The molecule has 0 bridgehead atoms. The minimum absolute atomic E-state index is 0.266. The number of amides is 1. The molecule has 1 N–H and O–H groups in total. The van der Waals surface area contributed by atoms with Crippen LogP contribution < -0.4 is 5.43 Å². The van der Waals surface area contributed by atoms with Gasteiger partial charge in [-0.05, 0) is 18.4 Å². The molecule has 2 rings (SSSR count). The summed E-state index contributed by atoms with van der Waals surface area (Å²) >= 11 is 1.34. The molecule has 20 heavy (non-hydrogen) atoms. The second-order valence-electron chi connectivity index (χ2n) is 4.74. The lowest BCUT2D eigenvalue weighted by atomic mass is 10.1. The molecule has 0 spiro atoms. The maximum Gasteiger partial charge on any atom is 0.300 e. The summed E-state index contributed by atoms with van der Waals surface area (Å²) < 4.78 is 0. The highest BCUT2D eigenvalue weighted by atomic mass is 32.1. The lowest BCUT2D eigenvalue weighted by molar-refractivity contribution is 0.0954. The van der Waals surface area contributed by atoms with Gasteiger partial charge in [-0.15, -0.1) is 11.3 Å². The Morgan fingerprint density at radius 3 is 2.60 bits per heavy atom. The summed E-state index contributed by atoms with van der Waals surface area (Å²) in [6.07, 6.45) is 0. The summed E-state index contributed by atoms with van der Waals surface area (Å²) in [7, 11) is 0. The monoisotopic (exact) mass is 287 g/mol. The third-order valence-electron chi connectivity index (χ3n) is 2.82. The number of nitrogens with zero attached hydrogens (tertiary/aromatic N) is 2. The van der Waals surface area contributed by atoms with Gasteiger partial charge in [-0.2, -0.15) is 5.10 Å². The number of thiazole rings is 1. The molecule has 0 saturated carbocycles. The zero-order valence-corrected chi connectivity index (χ0v) is 12.6. The minimum Gasteiger partial charge on any atom is -0.265 e. The topological polar surface area (TPSA) is 54.4 Å². The summed E-state index contributed by atoms with van der Waals surface area (Å²) in [6, 6.07) is 9.71. The summed E-state index contributed by atoms with van der Waals surface area (Å²) in [5.41, 5.74) is 5.23. The van der Waals surface area contributed by atoms with Crippen molar-refractivity contribution in [1.29, 1.82) is 0 Å². The van der Waals surface area contributed by atoms with Crippen LogP contribution in [-0.4, -0.2) is 16.6 Å². The van der Waals surface area contributed by atoms with Gasteiger partial charge in [0.15, 0.2) is 5.01 Å². The van der Waals surface area contributed by atoms with Crippen molar-refractivity contribution in [3.05, 3.63) is 52.0 Å². The maximum absolute atomic E-state index is 11.9. The number of hydrogen-bond donors (Lipinski definition) is 1. The average molecular weight is 287 g/mol. The lowest BCUT2D eigenvalue weighted by Gasteiger charge is -2.01. The quantitative estimate of drug-likeness (QED) is 0.692. The van der Waals surface area contributed by atoms with Gasteiger partial charge < -0.3 is 0 Å². The van der Waals surface area contributed by atoms with Crippen LogP contribution in [0.25, 0.3) is 0 Å². The Balaban J connectivity index is 2.04. The Morgan fingerprint density at radius 1 is 1.30 bits per heavy atom. The van der Waals surface area contributed by atoms with Crippen molar-refractivity contribution in [3.8, 4) is 0 Å². The van der Waals surface area contributed by atoms with Crippen LogP contribution in [0, 0.1) is 0 Å².